The van der Waals surface area contributed by atoms with Crippen LogP contribution in [-0.4, -0.2) is 24.1 Å². The molecule has 1 aliphatic heterocycles. The first-order valence-electron chi connectivity index (χ1n) is 10.5. The predicted octanol–water partition coefficient (Wildman–Crippen LogP) is 5.18. The van der Waals surface area contributed by atoms with Crippen LogP contribution in [0.3, 0.4) is 0 Å². The minimum Gasteiger partial charge on any atom is -0.489 e. The number of carbonyl (C=O) groups excluding carboxylic acids is 1. The average Bonchev–Trinajstić information content (AvgIpc) is 3.21. The average molecular weight is 447 g/mol. The second-order valence-corrected chi connectivity index (χ2v) is 8.37. The molecule has 0 amide bonds. The van der Waals surface area contributed by atoms with Crippen molar-refractivity contribution in [2.24, 2.45) is 0 Å². The molecule has 2 heterocycles. The van der Waals surface area contributed by atoms with Crippen molar-refractivity contribution >= 4 is 28.5 Å². The van der Waals surface area contributed by atoms with Gasteiger partial charge in [-0.05, 0) is 47.0 Å². The molecule has 1 aromatic heterocycles. The van der Waals surface area contributed by atoms with Crippen molar-refractivity contribution in [2.45, 2.75) is 25.1 Å². The highest BCUT2D eigenvalue weighted by atomic mass is 35.5. The SMILES string of the molecule is COC(=O)C1Cc2c([nH]c3ccccc23)C(c2cccc(OCc3ccc(Cl)cc3)c2)N1. The van der Waals surface area contributed by atoms with Crippen molar-refractivity contribution in [1.29, 1.82) is 0 Å². The fraction of sp³-hybridized carbons (Fsp3) is 0.192. The van der Waals surface area contributed by atoms with Gasteiger partial charge in [0, 0.05) is 28.0 Å². The van der Waals surface area contributed by atoms with E-state index in [1.807, 2.05) is 60.7 Å². The molecule has 0 fully saturated rings. The van der Waals surface area contributed by atoms with Crippen LogP contribution >= 0.6 is 11.6 Å². The van der Waals surface area contributed by atoms with E-state index in [9.17, 15) is 4.79 Å². The normalized spacial score (nSPS) is 17.7. The number of ether oxygens (including phenoxy) is 2. The molecule has 0 radical (unpaired) electrons. The lowest BCUT2D eigenvalue weighted by Gasteiger charge is -2.30. The van der Waals surface area contributed by atoms with Gasteiger partial charge in [0.05, 0.1) is 13.2 Å². The van der Waals surface area contributed by atoms with Crippen LogP contribution in [0.2, 0.25) is 5.02 Å². The first kappa shape index (κ1) is 20.6. The molecule has 32 heavy (non-hydrogen) atoms. The van der Waals surface area contributed by atoms with Crippen molar-refractivity contribution in [3.05, 3.63) is 100 Å². The highest BCUT2D eigenvalue weighted by Crippen LogP contribution is 2.36. The molecule has 1 aliphatic rings. The smallest absolute Gasteiger partial charge is 0.323 e. The lowest BCUT2D eigenvalue weighted by molar-refractivity contribution is -0.143. The third-order valence-electron chi connectivity index (χ3n) is 5.91. The van der Waals surface area contributed by atoms with Crippen LogP contribution in [0.1, 0.15) is 28.4 Å². The molecule has 4 aromatic rings. The fourth-order valence-electron chi connectivity index (χ4n) is 4.32. The summed E-state index contributed by atoms with van der Waals surface area (Å²) < 4.78 is 11.1. The van der Waals surface area contributed by atoms with Crippen LogP contribution < -0.4 is 10.1 Å². The summed E-state index contributed by atoms with van der Waals surface area (Å²) in [5, 5.41) is 5.31. The minimum atomic E-state index is -0.421. The Morgan fingerprint density at radius 3 is 2.69 bits per heavy atom. The number of fused-ring (bicyclic) bond motifs is 3. The second kappa shape index (κ2) is 8.69. The number of aromatic amines is 1. The van der Waals surface area contributed by atoms with Gasteiger partial charge in [0.2, 0.25) is 0 Å². The molecule has 5 rings (SSSR count). The highest BCUT2D eigenvalue weighted by Gasteiger charge is 2.34. The molecule has 162 valence electrons. The van der Waals surface area contributed by atoms with E-state index in [4.69, 9.17) is 21.1 Å². The number of halogens is 1. The van der Waals surface area contributed by atoms with E-state index in [1.165, 1.54) is 7.11 Å². The Labute approximate surface area is 191 Å². The van der Waals surface area contributed by atoms with Crippen LogP contribution in [0.25, 0.3) is 10.9 Å². The van der Waals surface area contributed by atoms with Gasteiger partial charge < -0.3 is 14.5 Å². The van der Waals surface area contributed by atoms with Gasteiger partial charge in [-0.25, -0.2) is 0 Å². The first-order chi connectivity index (χ1) is 15.6. The van der Waals surface area contributed by atoms with Gasteiger partial charge in [0.25, 0.3) is 0 Å². The van der Waals surface area contributed by atoms with Crippen molar-refractivity contribution in [3.63, 3.8) is 0 Å². The van der Waals surface area contributed by atoms with Gasteiger partial charge in [-0.3, -0.25) is 10.1 Å². The lowest BCUT2D eigenvalue weighted by atomic mass is 9.90. The van der Waals surface area contributed by atoms with E-state index in [1.54, 1.807) is 0 Å². The fourth-order valence-corrected chi connectivity index (χ4v) is 4.45. The summed E-state index contributed by atoms with van der Waals surface area (Å²) in [4.78, 5) is 16.0. The topological polar surface area (TPSA) is 63.4 Å². The Morgan fingerprint density at radius 1 is 1.06 bits per heavy atom. The van der Waals surface area contributed by atoms with E-state index >= 15 is 0 Å². The third kappa shape index (κ3) is 3.97. The van der Waals surface area contributed by atoms with Crippen LogP contribution in [0.4, 0.5) is 0 Å². The molecule has 0 saturated carbocycles. The Hall–Kier alpha value is -3.28. The number of esters is 1. The summed E-state index contributed by atoms with van der Waals surface area (Å²) in [6.45, 7) is 0.446. The molecule has 0 spiro atoms. The molecule has 2 N–H and O–H groups in total. The predicted molar refractivity (Wildman–Crippen MR) is 125 cm³/mol. The van der Waals surface area contributed by atoms with Crippen LogP contribution in [0.5, 0.6) is 5.75 Å². The maximum Gasteiger partial charge on any atom is 0.323 e. The van der Waals surface area contributed by atoms with Gasteiger partial charge >= 0.3 is 5.97 Å². The number of aromatic nitrogens is 1. The molecule has 5 nitrogen and oxygen atoms in total. The van der Waals surface area contributed by atoms with Gasteiger partial charge in [-0.15, -0.1) is 0 Å². The zero-order chi connectivity index (χ0) is 22.1. The maximum atomic E-state index is 12.4. The number of rotatable bonds is 5. The molecule has 2 atom stereocenters. The van der Waals surface area contributed by atoms with Crippen molar-refractivity contribution in [2.75, 3.05) is 7.11 Å². The van der Waals surface area contributed by atoms with E-state index < -0.39 is 6.04 Å². The summed E-state index contributed by atoms with van der Waals surface area (Å²) in [6, 6.07) is 23.1. The van der Waals surface area contributed by atoms with Gasteiger partial charge in [0.1, 0.15) is 18.4 Å². The van der Waals surface area contributed by atoms with Crippen LogP contribution in [0, 0.1) is 0 Å². The minimum absolute atomic E-state index is 0.186. The third-order valence-corrected chi connectivity index (χ3v) is 6.16. The number of benzene rings is 3. The number of nitrogens with one attached hydrogen (secondary N) is 2. The number of hydrogen-bond donors (Lipinski definition) is 2. The van der Waals surface area contributed by atoms with Gasteiger partial charge in [0.15, 0.2) is 0 Å². The summed E-state index contributed by atoms with van der Waals surface area (Å²) in [7, 11) is 1.43. The Kier molecular flexibility index (Phi) is 5.60. The Morgan fingerprint density at radius 2 is 1.88 bits per heavy atom. The Bertz CT molecular complexity index is 1270. The van der Waals surface area contributed by atoms with E-state index in [2.05, 4.69) is 22.4 Å². The van der Waals surface area contributed by atoms with Crippen LogP contribution in [-0.2, 0) is 22.6 Å². The molecule has 0 bridgehead atoms. The van der Waals surface area contributed by atoms with Crippen molar-refractivity contribution < 1.29 is 14.3 Å². The molecular formula is C26H23ClN2O3. The van der Waals surface area contributed by atoms with Gasteiger partial charge in [-0.2, -0.15) is 0 Å². The monoisotopic (exact) mass is 446 g/mol. The summed E-state index contributed by atoms with van der Waals surface area (Å²) in [5.41, 5.74) is 5.33. The standard InChI is InChI=1S/C26H23ClN2O3/c1-31-26(30)23-14-21-20-7-2-3-8-22(20)28-25(21)24(29-23)17-5-4-6-19(13-17)32-15-16-9-11-18(27)12-10-16/h2-13,23-24,28-29H,14-15H2,1H3. The molecule has 6 heteroatoms. The molecule has 0 saturated heterocycles. The Balaban J connectivity index is 1.47. The number of hydrogen-bond acceptors (Lipinski definition) is 4. The maximum absolute atomic E-state index is 12.4. The number of para-hydroxylation sites is 1. The van der Waals surface area contributed by atoms with Crippen molar-refractivity contribution in [1.82, 2.24) is 10.3 Å². The first-order valence-corrected chi connectivity index (χ1v) is 10.9. The molecule has 2 unspecified atom stereocenters. The second-order valence-electron chi connectivity index (χ2n) is 7.93. The molecule has 0 aliphatic carbocycles. The molecule has 3 aromatic carbocycles. The summed E-state index contributed by atoms with van der Waals surface area (Å²) in [6.07, 6.45) is 0.579. The van der Waals surface area contributed by atoms with E-state index in [-0.39, 0.29) is 12.0 Å². The number of H-pyrrole nitrogens is 1. The van der Waals surface area contributed by atoms with E-state index in [0.717, 1.165) is 39.0 Å². The van der Waals surface area contributed by atoms with Gasteiger partial charge in [-0.1, -0.05) is 54.1 Å². The number of carbonyl (C=O) groups is 1. The largest absolute Gasteiger partial charge is 0.489 e. The van der Waals surface area contributed by atoms with E-state index in [0.29, 0.717) is 18.1 Å². The summed E-state index contributed by atoms with van der Waals surface area (Å²) >= 11 is 5.97. The lowest BCUT2D eigenvalue weighted by Crippen LogP contribution is -2.45. The van der Waals surface area contributed by atoms with Crippen LogP contribution in [0.15, 0.2) is 72.8 Å². The van der Waals surface area contributed by atoms with Crippen molar-refractivity contribution in [3.8, 4) is 5.75 Å². The number of methoxy groups -OCH3 is 1. The highest BCUT2D eigenvalue weighted by molar-refractivity contribution is 6.30. The zero-order valence-electron chi connectivity index (χ0n) is 17.6. The molecular weight excluding hydrogens is 424 g/mol. The zero-order valence-corrected chi connectivity index (χ0v) is 18.4. The summed E-state index contributed by atoms with van der Waals surface area (Å²) in [5.74, 6) is 0.498. The quantitative estimate of drug-likeness (QED) is 0.415.